The molecule has 1 aromatic heterocycles. The second kappa shape index (κ2) is 24.2. The number of amides is 6. The van der Waals surface area contributed by atoms with Crippen LogP contribution >= 0.6 is 0 Å². The lowest BCUT2D eigenvalue weighted by molar-refractivity contribution is -0.141. The maximum Gasteiger partial charge on any atom is 0.446 e. The minimum absolute atomic E-state index is 0.00394. The molecule has 0 radical (unpaired) electrons. The van der Waals surface area contributed by atoms with Crippen molar-refractivity contribution in [2.75, 3.05) is 6.54 Å². The molecule has 0 unspecified atom stereocenters. The fourth-order valence-corrected chi connectivity index (χ4v) is 7.14. The zero-order chi connectivity index (χ0) is 46.8. The van der Waals surface area contributed by atoms with E-state index in [0.29, 0.717) is 30.4 Å². The topological polar surface area (TPSA) is 305 Å². The molecule has 4 rings (SSSR count). The molecular formula is C44H55N7O12S. The van der Waals surface area contributed by atoms with Crippen LogP contribution < -0.4 is 36.5 Å². The highest BCUT2D eigenvalue weighted by Crippen LogP contribution is 2.20. The van der Waals surface area contributed by atoms with E-state index in [9.17, 15) is 47.1 Å². The van der Waals surface area contributed by atoms with Crippen LogP contribution in [0.1, 0.15) is 69.1 Å². The van der Waals surface area contributed by atoms with Gasteiger partial charge in [0.1, 0.15) is 29.9 Å². The van der Waals surface area contributed by atoms with Gasteiger partial charge in [-0.2, -0.15) is 8.42 Å². The first-order valence-corrected chi connectivity index (χ1v) is 22.1. The number of aromatic nitrogens is 1. The molecule has 4 atom stereocenters. The number of carbonyl (C=O) groups is 7. The number of rotatable bonds is 26. The summed E-state index contributed by atoms with van der Waals surface area (Å²) in [4.78, 5) is 94.4. The molecule has 64 heavy (non-hydrogen) atoms. The van der Waals surface area contributed by atoms with Crippen LogP contribution in [0.15, 0.2) is 85.1 Å². The number of aliphatic carboxylic acids is 1. The molecule has 6 amide bonds. The fraction of sp³-hybridized carbons (Fsp3) is 0.386. The van der Waals surface area contributed by atoms with Gasteiger partial charge in [0.25, 0.3) is 0 Å². The van der Waals surface area contributed by atoms with E-state index in [1.54, 1.807) is 62.5 Å². The van der Waals surface area contributed by atoms with Gasteiger partial charge in [-0.15, -0.1) is 0 Å². The predicted molar refractivity (Wildman–Crippen MR) is 235 cm³/mol. The monoisotopic (exact) mass is 905 g/mol. The van der Waals surface area contributed by atoms with Crippen molar-refractivity contribution in [3.05, 3.63) is 102 Å². The number of carbonyl (C=O) groups excluding carboxylic acids is 6. The average molecular weight is 906 g/mol. The number of nitrogens with two attached hydrogens (primary N) is 1. The van der Waals surface area contributed by atoms with Gasteiger partial charge in [0.2, 0.25) is 35.4 Å². The first-order valence-electron chi connectivity index (χ1n) is 20.7. The van der Waals surface area contributed by atoms with Crippen LogP contribution in [-0.2, 0) is 63.2 Å². The molecule has 3 aromatic carbocycles. The number of carboxylic acid groups (broad SMARTS) is 1. The van der Waals surface area contributed by atoms with Crippen LogP contribution in [0.5, 0.6) is 5.75 Å². The summed E-state index contributed by atoms with van der Waals surface area (Å²) in [6.07, 6.45) is 2.30. The molecular weight excluding hydrogens is 851 g/mol. The number of H-pyrrole nitrogens is 1. The molecule has 0 aliphatic heterocycles. The molecule has 19 nitrogen and oxygen atoms in total. The molecule has 0 saturated carbocycles. The van der Waals surface area contributed by atoms with E-state index in [1.807, 2.05) is 24.3 Å². The summed E-state index contributed by atoms with van der Waals surface area (Å²) < 4.78 is 34.9. The summed E-state index contributed by atoms with van der Waals surface area (Å²) in [6.45, 7) is 3.87. The number of primary amides is 1. The Balaban J connectivity index is 1.38. The standard InChI is InChI=1S/C44H55N7O12S/c1-27(2)22-35(42(57)51-37(25-40(54)55)44(59)49-34(41(45)56)23-29-10-4-3-5-11-29)50-43(58)36(24-30-26-47-33-13-7-6-12-32(30)33)48-39(53)14-8-9-21-46-38(52)20-17-28-15-18-31(19-16-28)63-64(60,61)62/h3-7,10-13,15-16,18-19,26-27,34-37,47H,8-9,14,17,20-25H2,1-2H3,(H2,45,56)(H,46,52)(H,48,53)(H,49,59)(H,50,58)(H,51,57)(H,54,55)(H,60,61,62)/t34-,35-,36-,37-/m0/s1. The Bertz CT molecular complexity index is 2350. The highest BCUT2D eigenvalue weighted by molar-refractivity contribution is 7.81. The van der Waals surface area contributed by atoms with Crippen molar-refractivity contribution in [2.24, 2.45) is 11.7 Å². The van der Waals surface area contributed by atoms with E-state index < -0.39 is 76.5 Å². The number of nitrogens with one attached hydrogen (secondary N) is 6. The van der Waals surface area contributed by atoms with E-state index in [0.717, 1.165) is 16.5 Å². The van der Waals surface area contributed by atoms with Crippen LogP contribution in [0.25, 0.3) is 10.9 Å². The first kappa shape index (κ1) is 49.9. The smallest absolute Gasteiger partial charge is 0.446 e. The van der Waals surface area contributed by atoms with Gasteiger partial charge in [-0.1, -0.05) is 74.5 Å². The molecule has 0 aliphatic rings. The molecule has 0 spiro atoms. The Morgan fingerprint density at radius 1 is 0.703 bits per heavy atom. The van der Waals surface area contributed by atoms with E-state index >= 15 is 0 Å². The Kier molecular flexibility index (Phi) is 18.8. The highest BCUT2D eigenvalue weighted by atomic mass is 32.3. The predicted octanol–water partition coefficient (Wildman–Crippen LogP) is 2.00. The number of benzene rings is 3. The molecule has 0 aliphatic carbocycles. The molecule has 0 fully saturated rings. The zero-order valence-corrected chi connectivity index (χ0v) is 36.3. The Morgan fingerprint density at radius 3 is 1.98 bits per heavy atom. The number of para-hydroxylation sites is 1. The van der Waals surface area contributed by atoms with Gasteiger partial charge < -0.3 is 46.6 Å². The van der Waals surface area contributed by atoms with Crippen molar-refractivity contribution in [2.45, 2.75) is 95.8 Å². The van der Waals surface area contributed by atoms with Crippen molar-refractivity contribution < 1.29 is 55.8 Å². The number of unbranched alkanes of at least 4 members (excludes halogenated alkanes) is 1. The lowest BCUT2D eigenvalue weighted by Gasteiger charge is -2.26. The van der Waals surface area contributed by atoms with E-state index in [4.69, 9.17) is 10.3 Å². The maximum absolute atomic E-state index is 14.1. The molecule has 0 saturated heterocycles. The summed E-state index contributed by atoms with van der Waals surface area (Å²) in [7, 11) is -4.65. The second-order valence-electron chi connectivity index (χ2n) is 15.6. The van der Waals surface area contributed by atoms with Crippen LogP contribution in [0, 0.1) is 5.92 Å². The lowest BCUT2D eigenvalue weighted by atomic mass is 10.00. The number of aryl methyl sites for hydroxylation is 1. The Morgan fingerprint density at radius 2 is 1.33 bits per heavy atom. The number of fused-ring (bicyclic) bond motifs is 1. The minimum Gasteiger partial charge on any atom is -0.481 e. The van der Waals surface area contributed by atoms with Crippen molar-refractivity contribution in [1.82, 2.24) is 31.6 Å². The van der Waals surface area contributed by atoms with Gasteiger partial charge in [0.15, 0.2) is 0 Å². The second-order valence-corrected chi connectivity index (χ2v) is 16.7. The summed E-state index contributed by atoms with van der Waals surface area (Å²) in [5.41, 5.74) is 8.48. The van der Waals surface area contributed by atoms with Gasteiger partial charge in [-0.25, -0.2) is 0 Å². The van der Waals surface area contributed by atoms with Gasteiger partial charge in [-0.3, -0.25) is 38.1 Å². The van der Waals surface area contributed by atoms with Crippen LogP contribution in [0.4, 0.5) is 0 Å². The maximum atomic E-state index is 14.1. The van der Waals surface area contributed by atoms with Crippen molar-refractivity contribution >= 4 is 62.7 Å². The fourth-order valence-electron chi connectivity index (χ4n) is 6.79. The number of hydrogen-bond donors (Lipinski definition) is 9. The van der Waals surface area contributed by atoms with Gasteiger partial charge in [0, 0.05) is 49.3 Å². The molecule has 1 heterocycles. The SMILES string of the molecule is CC(C)C[C@H](NC(=O)[C@H](Cc1c[nH]c2ccccc12)NC(=O)CCCCNC(=O)CCc1ccc(OS(=O)(=O)O)cc1)C(=O)N[C@@H](CC(=O)O)C(=O)N[C@@H](Cc1ccccc1)C(N)=O. The molecule has 344 valence electrons. The summed E-state index contributed by atoms with van der Waals surface area (Å²) in [5, 5.41) is 23.6. The molecule has 0 bridgehead atoms. The quantitative estimate of drug-likeness (QED) is 0.0323. The molecule has 4 aromatic rings. The van der Waals surface area contributed by atoms with Gasteiger partial charge >= 0.3 is 16.4 Å². The zero-order valence-electron chi connectivity index (χ0n) is 35.5. The van der Waals surface area contributed by atoms with Crippen LogP contribution in [0.2, 0.25) is 0 Å². The lowest BCUT2D eigenvalue weighted by Crippen LogP contribution is -2.59. The third kappa shape index (κ3) is 17.2. The van der Waals surface area contributed by atoms with E-state index in [2.05, 4.69) is 35.8 Å². The number of carboxylic acids is 1. The number of hydrogen-bond acceptors (Lipinski definition) is 10. The minimum atomic E-state index is -4.65. The largest absolute Gasteiger partial charge is 0.481 e. The summed E-state index contributed by atoms with van der Waals surface area (Å²) in [5.74, 6) is -5.76. The summed E-state index contributed by atoms with van der Waals surface area (Å²) >= 11 is 0. The van der Waals surface area contributed by atoms with E-state index in [-0.39, 0.29) is 56.2 Å². The van der Waals surface area contributed by atoms with Gasteiger partial charge in [-0.05, 0) is 66.5 Å². The third-order valence-electron chi connectivity index (χ3n) is 9.96. The first-order chi connectivity index (χ1) is 30.4. The Hall–Kier alpha value is -6.80. The van der Waals surface area contributed by atoms with Crippen LogP contribution in [-0.4, -0.2) is 95.2 Å². The molecule has 20 heteroatoms. The van der Waals surface area contributed by atoms with Gasteiger partial charge in [0.05, 0.1) is 6.42 Å². The van der Waals surface area contributed by atoms with Crippen molar-refractivity contribution in [1.29, 1.82) is 0 Å². The average Bonchev–Trinajstić information content (AvgIpc) is 3.64. The van der Waals surface area contributed by atoms with Crippen molar-refractivity contribution in [3.8, 4) is 5.75 Å². The third-order valence-corrected chi connectivity index (χ3v) is 10.4. The Labute approximate surface area is 370 Å². The highest BCUT2D eigenvalue weighted by Gasteiger charge is 2.33. The molecule has 10 N–H and O–H groups in total. The van der Waals surface area contributed by atoms with Crippen LogP contribution in [0.3, 0.4) is 0 Å². The van der Waals surface area contributed by atoms with Crippen molar-refractivity contribution in [3.63, 3.8) is 0 Å². The summed E-state index contributed by atoms with van der Waals surface area (Å²) in [6, 6.07) is 16.6. The van der Waals surface area contributed by atoms with E-state index in [1.165, 1.54) is 12.1 Å². The number of aromatic amines is 1. The normalized spacial score (nSPS) is 13.2.